The Labute approximate surface area is 112 Å². The summed E-state index contributed by atoms with van der Waals surface area (Å²) in [5.74, 6) is 1.32. The van der Waals surface area contributed by atoms with Gasteiger partial charge in [0.1, 0.15) is 17.7 Å². The molecular weight excluding hydrogens is 294 g/mol. The van der Waals surface area contributed by atoms with Crippen LogP contribution in [0.5, 0.6) is 11.6 Å². The quantitative estimate of drug-likeness (QED) is 0.783. The Bertz CT molecular complexity index is 708. The predicted molar refractivity (Wildman–Crippen MR) is 72.8 cm³/mol. The smallest absolute Gasteiger partial charge is 0.231 e. The molecule has 3 rings (SSSR count). The summed E-state index contributed by atoms with van der Waals surface area (Å²) >= 11 is 3.46. The molecule has 0 saturated carbocycles. The largest absolute Gasteiger partial charge is 0.438 e. The number of hydrogen-bond acceptors (Lipinski definition) is 3. The summed E-state index contributed by atoms with van der Waals surface area (Å²) < 4.78 is 6.85. The minimum Gasteiger partial charge on any atom is -0.438 e. The molecule has 0 radical (unpaired) electrons. The number of aromatic amines is 1. The van der Waals surface area contributed by atoms with Crippen LogP contribution in [0.1, 0.15) is 5.56 Å². The fourth-order valence-electron chi connectivity index (χ4n) is 1.72. The van der Waals surface area contributed by atoms with Crippen LogP contribution in [0.2, 0.25) is 0 Å². The number of benzene rings is 1. The van der Waals surface area contributed by atoms with Gasteiger partial charge in [-0.1, -0.05) is 15.9 Å². The standard InChI is InChI=1S/C13H10BrN3O/c1-8-6-9(2-3-11(8)14)18-13-10-4-5-15-12(10)16-7-17-13/h2-7H,1H3,(H,15,16,17). The van der Waals surface area contributed by atoms with Crippen LogP contribution < -0.4 is 4.74 Å². The maximum atomic E-state index is 5.79. The molecule has 0 aliphatic rings. The van der Waals surface area contributed by atoms with Gasteiger partial charge >= 0.3 is 0 Å². The first-order valence-corrected chi connectivity index (χ1v) is 6.25. The van der Waals surface area contributed by atoms with Gasteiger partial charge in [-0.25, -0.2) is 9.97 Å². The lowest BCUT2D eigenvalue weighted by Crippen LogP contribution is -1.90. The molecule has 0 fully saturated rings. The van der Waals surface area contributed by atoms with Crippen LogP contribution in [-0.4, -0.2) is 15.0 Å². The molecule has 0 amide bonds. The van der Waals surface area contributed by atoms with E-state index in [9.17, 15) is 0 Å². The Morgan fingerprint density at radius 3 is 2.94 bits per heavy atom. The number of fused-ring (bicyclic) bond motifs is 1. The number of aryl methyl sites for hydroxylation is 1. The minimum atomic E-state index is 0.558. The first kappa shape index (κ1) is 11.2. The predicted octanol–water partition coefficient (Wildman–Crippen LogP) is 3.82. The summed E-state index contributed by atoms with van der Waals surface area (Å²) in [6.07, 6.45) is 3.30. The highest BCUT2D eigenvalue weighted by Gasteiger charge is 2.07. The molecule has 5 heteroatoms. The molecule has 0 aliphatic heterocycles. The van der Waals surface area contributed by atoms with E-state index in [4.69, 9.17) is 4.74 Å². The maximum absolute atomic E-state index is 5.79. The number of rotatable bonds is 2. The summed E-state index contributed by atoms with van der Waals surface area (Å²) in [5, 5.41) is 0.873. The number of halogens is 1. The highest BCUT2D eigenvalue weighted by molar-refractivity contribution is 9.10. The molecule has 0 aliphatic carbocycles. The lowest BCUT2D eigenvalue weighted by Gasteiger charge is -2.07. The second kappa shape index (κ2) is 4.42. The van der Waals surface area contributed by atoms with E-state index in [0.717, 1.165) is 26.8 Å². The zero-order chi connectivity index (χ0) is 12.5. The molecule has 2 aromatic heterocycles. The molecule has 4 nitrogen and oxygen atoms in total. The first-order chi connectivity index (χ1) is 8.74. The maximum Gasteiger partial charge on any atom is 0.231 e. The molecule has 1 aromatic carbocycles. The lowest BCUT2D eigenvalue weighted by molar-refractivity contribution is 0.468. The minimum absolute atomic E-state index is 0.558. The van der Waals surface area contributed by atoms with Crippen molar-refractivity contribution in [2.75, 3.05) is 0 Å². The van der Waals surface area contributed by atoms with Gasteiger partial charge in [0.05, 0.1) is 5.39 Å². The Morgan fingerprint density at radius 2 is 2.11 bits per heavy atom. The van der Waals surface area contributed by atoms with Crippen molar-refractivity contribution < 1.29 is 4.74 Å². The fraction of sp³-hybridized carbons (Fsp3) is 0.0769. The number of nitrogens with zero attached hydrogens (tertiary/aromatic N) is 2. The number of ether oxygens (including phenoxy) is 1. The van der Waals surface area contributed by atoms with Crippen molar-refractivity contribution in [3.8, 4) is 11.6 Å². The Balaban J connectivity index is 2.01. The van der Waals surface area contributed by atoms with Gasteiger partial charge in [0.15, 0.2) is 0 Å². The normalized spacial score (nSPS) is 10.8. The molecule has 0 unspecified atom stereocenters. The van der Waals surface area contributed by atoms with Crippen LogP contribution in [0, 0.1) is 6.92 Å². The van der Waals surface area contributed by atoms with Crippen molar-refractivity contribution in [3.63, 3.8) is 0 Å². The Kier molecular flexibility index (Phi) is 2.76. The summed E-state index contributed by atoms with van der Waals surface area (Å²) in [7, 11) is 0. The average molecular weight is 304 g/mol. The number of hydrogen-bond donors (Lipinski definition) is 1. The monoisotopic (exact) mass is 303 g/mol. The molecule has 1 N–H and O–H groups in total. The van der Waals surface area contributed by atoms with Gasteiger partial charge in [-0.2, -0.15) is 0 Å². The van der Waals surface area contributed by atoms with E-state index < -0.39 is 0 Å². The van der Waals surface area contributed by atoms with Gasteiger partial charge in [0.2, 0.25) is 5.88 Å². The third-order valence-electron chi connectivity index (χ3n) is 2.66. The second-order valence-electron chi connectivity index (χ2n) is 3.93. The molecule has 0 atom stereocenters. The van der Waals surface area contributed by atoms with Crippen LogP contribution >= 0.6 is 15.9 Å². The van der Waals surface area contributed by atoms with Crippen molar-refractivity contribution in [1.82, 2.24) is 15.0 Å². The van der Waals surface area contributed by atoms with Crippen LogP contribution in [-0.2, 0) is 0 Å². The molecule has 0 saturated heterocycles. The van der Waals surface area contributed by atoms with Gasteiger partial charge in [-0.05, 0) is 36.8 Å². The Morgan fingerprint density at radius 1 is 1.22 bits per heavy atom. The molecular formula is C13H10BrN3O. The third-order valence-corrected chi connectivity index (χ3v) is 3.55. The number of H-pyrrole nitrogens is 1. The second-order valence-corrected chi connectivity index (χ2v) is 4.79. The van der Waals surface area contributed by atoms with Crippen molar-refractivity contribution in [3.05, 3.63) is 46.8 Å². The zero-order valence-electron chi connectivity index (χ0n) is 9.64. The van der Waals surface area contributed by atoms with Crippen molar-refractivity contribution in [1.29, 1.82) is 0 Å². The van der Waals surface area contributed by atoms with Crippen LogP contribution in [0.15, 0.2) is 41.3 Å². The van der Waals surface area contributed by atoms with E-state index in [1.54, 1.807) is 0 Å². The van der Waals surface area contributed by atoms with Gasteiger partial charge in [0.25, 0.3) is 0 Å². The van der Waals surface area contributed by atoms with Crippen molar-refractivity contribution in [2.45, 2.75) is 6.92 Å². The van der Waals surface area contributed by atoms with E-state index in [1.807, 2.05) is 37.4 Å². The number of nitrogens with one attached hydrogen (secondary N) is 1. The number of aromatic nitrogens is 3. The van der Waals surface area contributed by atoms with E-state index in [1.165, 1.54) is 6.33 Å². The van der Waals surface area contributed by atoms with Gasteiger partial charge in [-0.3, -0.25) is 0 Å². The van der Waals surface area contributed by atoms with Gasteiger partial charge in [0, 0.05) is 10.7 Å². The van der Waals surface area contributed by atoms with Crippen LogP contribution in [0.4, 0.5) is 0 Å². The molecule has 90 valence electrons. The fourth-order valence-corrected chi connectivity index (χ4v) is 1.97. The van der Waals surface area contributed by atoms with Crippen LogP contribution in [0.25, 0.3) is 11.0 Å². The average Bonchev–Trinajstić information content (AvgIpc) is 2.83. The summed E-state index contributed by atoms with van der Waals surface area (Å²) in [6, 6.07) is 7.72. The zero-order valence-corrected chi connectivity index (χ0v) is 11.2. The van der Waals surface area contributed by atoms with E-state index in [-0.39, 0.29) is 0 Å². The van der Waals surface area contributed by atoms with Gasteiger partial charge in [-0.15, -0.1) is 0 Å². The summed E-state index contributed by atoms with van der Waals surface area (Å²) in [6.45, 7) is 2.02. The van der Waals surface area contributed by atoms with E-state index in [2.05, 4.69) is 30.9 Å². The SMILES string of the molecule is Cc1cc(Oc2ncnc3[nH]ccc23)ccc1Br. The summed E-state index contributed by atoms with van der Waals surface area (Å²) in [5.41, 5.74) is 1.89. The molecule has 18 heavy (non-hydrogen) atoms. The molecule has 0 bridgehead atoms. The topological polar surface area (TPSA) is 50.8 Å². The van der Waals surface area contributed by atoms with E-state index >= 15 is 0 Å². The molecule has 3 aromatic rings. The van der Waals surface area contributed by atoms with Crippen molar-refractivity contribution >= 4 is 27.0 Å². The molecule has 0 spiro atoms. The third kappa shape index (κ3) is 1.97. The van der Waals surface area contributed by atoms with Gasteiger partial charge < -0.3 is 9.72 Å². The summed E-state index contributed by atoms with van der Waals surface area (Å²) in [4.78, 5) is 11.3. The van der Waals surface area contributed by atoms with Crippen molar-refractivity contribution in [2.24, 2.45) is 0 Å². The highest BCUT2D eigenvalue weighted by Crippen LogP contribution is 2.28. The van der Waals surface area contributed by atoms with E-state index in [0.29, 0.717) is 5.88 Å². The lowest BCUT2D eigenvalue weighted by atomic mass is 10.2. The highest BCUT2D eigenvalue weighted by atomic mass is 79.9. The van der Waals surface area contributed by atoms with Crippen LogP contribution in [0.3, 0.4) is 0 Å². The molecule has 2 heterocycles. The Hall–Kier alpha value is -1.88. The first-order valence-electron chi connectivity index (χ1n) is 5.46.